The van der Waals surface area contributed by atoms with Crippen LogP contribution >= 0.6 is 11.8 Å². The van der Waals surface area contributed by atoms with E-state index in [0.717, 1.165) is 4.90 Å². The van der Waals surface area contributed by atoms with Gasteiger partial charge in [0.05, 0.1) is 7.11 Å². The molecule has 0 saturated heterocycles. The number of benzene rings is 2. The van der Waals surface area contributed by atoms with Gasteiger partial charge in [0.25, 0.3) is 0 Å². The first-order valence-electron chi connectivity index (χ1n) is 8.02. The molecule has 0 fully saturated rings. The summed E-state index contributed by atoms with van der Waals surface area (Å²) < 4.78 is 34.3. The number of amides is 1. The van der Waals surface area contributed by atoms with Gasteiger partial charge in [-0.05, 0) is 49.2 Å². The number of nitrogens with one attached hydrogen (secondary N) is 1. The van der Waals surface area contributed by atoms with Crippen molar-refractivity contribution in [3.8, 4) is 11.5 Å². The molecule has 0 atom stereocenters. The van der Waals surface area contributed by atoms with Crippen molar-refractivity contribution in [3.63, 3.8) is 0 Å². The van der Waals surface area contributed by atoms with Crippen molar-refractivity contribution in [2.75, 3.05) is 18.2 Å². The van der Waals surface area contributed by atoms with E-state index in [4.69, 9.17) is 4.74 Å². The smallest absolute Gasteiger partial charge is 0.387 e. The summed E-state index contributed by atoms with van der Waals surface area (Å²) >= 11 is 1.60. The zero-order chi connectivity index (χ0) is 19.1. The first-order valence-corrected chi connectivity index (χ1v) is 9.00. The summed E-state index contributed by atoms with van der Waals surface area (Å²) in [7, 11) is 1.36. The summed E-state index contributed by atoms with van der Waals surface area (Å²) in [5.74, 6) is 0.470. The molecule has 0 bridgehead atoms. The highest BCUT2D eigenvalue weighted by Crippen LogP contribution is 2.31. The number of carbonyl (C=O) groups excluding carboxylic acids is 1. The van der Waals surface area contributed by atoms with Crippen molar-refractivity contribution in [1.29, 1.82) is 0 Å². The Hall–Kier alpha value is -2.28. The lowest BCUT2D eigenvalue weighted by Gasteiger charge is -2.12. The Morgan fingerprint density at radius 2 is 1.88 bits per heavy atom. The number of thioether (sulfide) groups is 1. The lowest BCUT2D eigenvalue weighted by molar-refractivity contribution is -0.115. The molecular weight excluding hydrogens is 360 g/mol. The largest absolute Gasteiger partial charge is 0.493 e. The molecule has 0 heterocycles. The number of ether oxygens (including phenoxy) is 2. The van der Waals surface area contributed by atoms with Gasteiger partial charge in [0.2, 0.25) is 5.91 Å². The monoisotopic (exact) mass is 381 g/mol. The SMILES string of the molecule is COc1ccc(NC(=O)CCSc2ccc(C)c(C)c2)cc1OC(F)F. The lowest BCUT2D eigenvalue weighted by Crippen LogP contribution is -2.12. The Morgan fingerprint density at radius 3 is 2.54 bits per heavy atom. The van der Waals surface area contributed by atoms with Crippen molar-refractivity contribution < 1.29 is 23.0 Å². The predicted octanol–water partition coefficient (Wildman–Crippen LogP) is 5.03. The summed E-state index contributed by atoms with van der Waals surface area (Å²) in [4.78, 5) is 13.2. The van der Waals surface area contributed by atoms with Crippen LogP contribution in [0.5, 0.6) is 11.5 Å². The van der Waals surface area contributed by atoms with Crippen LogP contribution in [-0.4, -0.2) is 25.4 Å². The molecule has 2 aromatic carbocycles. The number of methoxy groups -OCH3 is 1. The third-order valence-electron chi connectivity index (χ3n) is 3.74. The number of carbonyl (C=O) groups is 1. The Kier molecular flexibility index (Phi) is 7.26. The highest BCUT2D eigenvalue weighted by atomic mass is 32.2. The molecular formula is C19H21F2NO3S. The van der Waals surface area contributed by atoms with E-state index in [2.05, 4.69) is 36.0 Å². The standard InChI is InChI=1S/C19H21F2NO3S/c1-12-4-6-15(10-13(12)2)26-9-8-18(23)22-14-5-7-16(24-3)17(11-14)25-19(20)21/h4-7,10-11,19H,8-9H2,1-3H3,(H,22,23). The van der Waals surface area contributed by atoms with E-state index in [-0.39, 0.29) is 17.4 Å². The molecule has 2 rings (SSSR count). The number of anilines is 1. The van der Waals surface area contributed by atoms with Gasteiger partial charge in [0.15, 0.2) is 11.5 Å². The Bertz CT molecular complexity index is 768. The molecule has 26 heavy (non-hydrogen) atoms. The maximum Gasteiger partial charge on any atom is 0.387 e. The van der Waals surface area contributed by atoms with Crippen molar-refractivity contribution in [2.24, 2.45) is 0 Å². The van der Waals surface area contributed by atoms with E-state index in [9.17, 15) is 13.6 Å². The van der Waals surface area contributed by atoms with Crippen molar-refractivity contribution in [1.82, 2.24) is 0 Å². The number of alkyl halides is 2. The van der Waals surface area contributed by atoms with Crippen molar-refractivity contribution in [2.45, 2.75) is 31.8 Å². The molecule has 0 unspecified atom stereocenters. The first-order chi connectivity index (χ1) is 12.4. The quantitative estimate of drug-likeness (QED) is 0.651. The Morgan fingerprint density at radius 1 is 1.12 bits per heavy atom. The second-order valence-electron chi connectivity index (χ2n) is 5.64. The second kappa shape index (κ2) is 9.43. The minimum absolute atomic E-state index is 0.121. The van der Waals surface area contributed by atoms with Crippen LogP contribution < -0.4 is 14.8 Å². The summed E-state index contributed by atoms with van der Waals surface area (Å²) in [5.41, 5.74) is 2.82. The van der Waals surface area contributed by atoms with Gasteiger partial charge in [0, 0.05) is 28.8 Å². The number of hydrogen-bond acceptors (Lipinski definition) is 4. The zero-order valence-corrected chi connectivity index (χ0v) is 15.7. The van der Waals surface area contributed by atoms with Crippen molar-refractivity contribution in [3.05, 3.63) is 47.5 Å². The van der Waals surface area contributed by atoms with Crippen LogP contribution in [0.4, 0.5) is 14.5 Å². The molecule has 0 aliphatic carbocycles. The van der Waals surface area contributed by atoms with Crippen LogP contribution in [0, 0.1) is 13.8 Å². The van der Waals surface area contributed by atoms with Gasteiger partial charge < -0.3 is 14.8 Å². The molecule has 0 saturated carbocycles. The molecule has 0 aliphatic heterocycles. The van der Waals surface area contributed by atoms with E-state index in [1.807, 2.05) is 6.07 Å². The Balaban J connectivity index is 1.89. The van der Waals surface area contributed by atoms with Crippen LogP contribution in [0.15, 0.2) is 41.3 Å². The van der Waals surface area contributed by atoms with Crippen LogP contribution in [-0.2, 0) is 4.79 Å². The molecule has 4 nitrogen and oxygen atoms in total. The Labute approximate surface area is 155 Å². The van der Waals surface area contributed by atoms with E-state index in [1.165, 1.54) is 30.4 Å². The molecule has 0 radical (unpaired) electrons. The van der Waals surface area contributed by atoms with E-state index < -0.39 is 6.61 Å². The predicted molar refractivity (Wildman–Crippen MR) is 99.5 cm³/mol. The average Bonchev–Trinajstić information content (AvgIpc) is 2.58. The zero-order valence-electron chi connectivity index (χ0n) is 14.8. The number of halogens is 2. The molecule has 140 valence electrons. The van der Waals surface area contributed by atoms with Gasteiger partial charge in [-0.15, -0.1) is 11.8 Å². The first kappa shape index (κ1) is 20.0. The van der Waals surface area contributed by atoms with Gasteiger partial charge in [0.1, 0.15) is 0 Å². The van der Waals surface area contributed by atoms with Gasteiger partial charge in [-0.25, -0.2) is 0 Å². The number of hydrogen-bond donors (Lipinski definition) is 1. The maximum absolute atomic E-state index is 12.4. The third kappa shape index (κ3) is 5.91. The highest BCUT2D eigenvalue weighted by molar-refractivity contribution is 7.99. The van der Waals surface area contributed by atoms with Gasteiger partial charge in [-0.3, -0.25) is 4.79 Å². The minimum atomic E-state index is -2.97. The molecule has 1 amide bonds. The molecule has 7 heteroatoms. The normalized spacial score (nSPS) is 10.7. The van der Waals surface area contributed by atoms with Crippen LogP contribution in [0.25, 0.3) is 0 Å². The lowest BCUT2D eigenvalue weighted by atomic mass is 10.1. The van der Waals surface area contributed by atoms with Gasteiger partial charge in [-0.2, -0.15) is 8.78 Å². The number of aryl methyl sites for hydroxylation is 2. The minimum Gasteiger partial charge on any atom is -0.493 e. The fourth-order valence-corrected chi connectivity index (χ4v) is 3.18. The highest BCUT2D eigenvalue weighted by Gasteiger charge is 2.12. The number of rotatable bonds is 8. The molecule has 2 aromatic rings. The van der Waals surface area contributed by atoms with E-state index in [1.54, 1.807) is 17.8 Å². The van der Waals surface area contributed by atoms with Crippen molar-refractivity contribution >= 4 is 23.4 Å². The van der Waals surface area contributed by atoms with E-state index in [0.29, 0.717) is 17.9 Å². The fourth-order valence-electron chi connectivity index (χ4n) is 2.23. The average molecular weight is 381 g/mol. The van der Waals surface area contributed by atoms with Gasteiger partial charge in [-0.1, -0.05) is 6.07 Å². The summed E-state index contributed by atoms with van der Waals surface area (Å²) in [6, 6.07) is 10.5. The second-order valence-corrected chi connectivity index (χ2v) is 6.81. The summed E-state index contributed by atoms with van der Waals surface area (Å²) in [6.45, 7) is 1.14. The van der Waals surface area contributed by atoms with Crippen LogP contribution in [0.1, 0.15) is 17.5 Å². The molecule has 1 N–H and O–H groups in total. The van der Waals surface area contributed by atoms with Crippen LogP contribution in [0.2, 0.25) is 0 Å². The molecule has 0 spiro atoms. The van der Waals surface area contributed by atoms with Crippen LogP contribution in [0.3, 0.4) is 0 Å². The molecule has 0 aliphatic rings. The van der Waals surface area contributed by atoms with E-state index >= 15 is 0 Å². The van der Waals surface area contributed by atoms with Gasteiger partial charge >= 0.3 is 6.61 Å². The summed E-state index contributed by atoms with van der Waals surface area (Å²) in [5, 5.41) is 2.68. The summed E-state index contributed by atoms with van der Waals surface area (Å²) in [6.07, 6.45) is 0.300. The topological polar surface area (TPSA) is 47.6 Å². The maximum atomic E-state index is 12.4. The molecule has 0 aromatic heterocycles. The fraction of sp³-hybridized carbons (Fsp3) is 0.316. The third-order valence-corrected chi connectivity index (χ3v) is 4.74.